The molecule has 0 unspecified atom stereocenters. The van der Waals surface area contributed by atoms with Gasteiger partial charge in [-0.25, -0.2) is 4.98 Å². The third kappa shape index (κ3) is 2.81. The molecule has 0 aliphatic carbocycles. The first-order valence-corrected chi connectivity index (χ1v) is 4.80. The summed E-state index contributed by atoms with van der Waals surface area (Å²) in [5.41, 5.74) is 8.30. The number of aromatic nitrogens is 1. The van der Waals surface area contributed by atoms with E-state index < -0.39 is 0 Å². The largest absolute Gasteiger partial charge is 0.397 e. The molecule has 0 atom stereocenters. The highest BCUT2D eigenvalue weighted by molar-refractivity contribution is 9.10. The van der Waals surface area contributed by atoms with E-state index in [1.54, 1.807) is 0 Å². The maximum Gasteiger partial charge on any atom is 0.109 e. The van der Waals surface area contributed by atoms with Gasteiger partial charge in [-0.3, -0.25) is 0 Å². The summed E-state index contributed by atoms with van der Waals surface area (Å²) in [6.45, 7) is 7.85. The van der Waals surface area contributed by atoms with Crippen molar-refractivity contribution in [2.45, 2.75) is 27.7 Å². The van der Waals surface area contributed by atoms with Gasteiger partial charge in [0.05, 0.1) is 11.4 Å². The predicted molar refractivity (Wildman–Crippen MR) is 57.2 cm³/mol. The minimum Gasteiger partial charge on any atom is -0.397 e. The molecule has 2 N–H and O–H groups in total. The lowest BCUT2D eigenvalue weighted by atomic mass is 10.2. The molecule has 0 fully saturated rings. The number of nitrogen functional groups attached to an aromatic ring is 1. The standard InChI is InChI=1S/C7H9BrN2.C2H6/c1-4-3-6(9)5(2)10-7(4)8;1-2/h3H,9H2,1-2H3;1-2H3. The van der Waals surface area contributed by atoms with Crippen molar-refractivity contribution in [2.75, 3.05) is 5.73 Å². The van der Waals surface area contributed by atoms with Gasteiger partial charge in [-0.05, 0) is 41.4 Å². The number of aryl methyl sites for hydroxylation is 2. The number of pyridine rings is 1. The highest BCUT2D eigenvalue weighted by Crippen LogP contribution is 2.17. The van der Waals surface area contributed by atoms with Gasteiger partial charge in [-0.15, -0.1) is 0 Å². The molecule has 3 heteroatoms. The zero-order valence-electron chi connectivity index (χ0n) is 7.98. The van der Waals surface area contributed by atoms with Crippen molar-refractivity contribution in [3.05, 3.63) is 21.9 Å². The monoisotopic (exact) mass is 230 g/mol. The van der Waals surface area contributed by atoms with E-state index in [0.717, 1.165) is 21.5 Å². The lowest BCUT2D eigenvalue weighted by Crippen LogP contribution is -1.94. The van der Waals surface area contributed by atoms with Crippen LogP contribution in [0.1, 0.15) is 25.1 Å². The molecule has 0 saturated heterocycles. The number of hydrogen-bond acceptors (Lipinski definition) is 2. The fourth-order valence-corrected chi connectivity index (χ4v) is 1.08. The van der Waals surface area contributed by atoms with E-state index in [2.05, 4.69) is 20.9 Å². The molecule has 0 amide bonds. The van der Waals surface area contributed by atoms with Gasteiger partial charge in [0.1, 0.15) is 4.60 Å². The molecule has 0 saturated carbocycles. The summed E-state index contributed by atoms with van der Waals surface area (Å²) in [4.78, 5) is 4.16. The van der Waals surface area contributed by atoms with E-state index in [9.17, 15) is 0 Å². The number of hydrogen-bond donors (Lipinski definition) is 1. The van der Waals surface area contributed by atoms with Crippen LogP contribution in [0.25, 0.3) is 0 Å². The number of nitrogens with two attached hydrogens (primary N) is 1. The van der Waals surface area contributed by atoms with Crippen LogP contribution in [-0.2, 0) is 0 Å². The summed E-state index contributed by atoms with van der Waals surface area (Å²) in [5, 5.41) is 0. The number of halogens is 1. The van der Waals surface area contributed by atoms with Crippen molar-refractivity contribution in [1.82, 2.24) is 4.98 Å². The molecule has 1 aromatic heterocycles. The van der Waals surface area contributed by atoms with Crippen LogP contribution < -0.4 is 5.73 Å². The van der Waals surface area contributed by atoms with E-state index in [4.69, 9.17) is 5.73 Å². The van der Waals surface area contributed by atoms with Crippen LogP contribution >= 0.6 is 15.9 Å². The van der Waals surface area contributed by atoms with Gasteiger partial charge in [0, 0.05) is 0 Å². The molecule has 1 rings (SSSR count). The van der Waals surface area contributed by atoms with Gasteiger partial charge in [-0.2, -0.15) is 0 Å². The van der Waals surface area contributed by atoms with E-state index in [0.29, 0.717) is 0 Å². The van der Waals surface area contributed by atoms with E-state index in [-0.39, 0.29) is 0 Å². The van der Waals surface area contributed by atoms with Crippen LogP contribution in [0.15, 0.2) is 10.7 Å². The normalized spacial score (nSPS) is 8.75. The van der Waals surface area contributed by atoms with E-state index in [1.165, 1.54) is 0 Å². The number of rotatable bonds is 0. The first kappa shape index (κ1) is 11.4. The maximum atomic E-state index is 5.61. The smallest absolute Gasteiger partial charge is 0.109 e. The van der Waals surface area contributed by atoms with E-state index >= 15 is 0 Å². The minimum atomic E-state index is 0.751. The molecule has 1 heterocycles. The first-order chi connectivity index (χ1) is 5.61. The molecule has 0 aliphatic heterocycles. The molecular weight excluding hydrogens is 216 g/mol. The van der Waals surface area contributed by atoms with Crippen molar-refractivity contribution < 1.29 is 0 Å². The Morgan fingerprint density at radius 1 is 1.33 bits per heavy atom. The highest BCUT2D eigenvalue weighted by Gasteiger charge is 1.99. The molecule has 1 aromatic rings. The van der Waals surface area contributed by atoms with Crippen LogP contribution in [0.2, 0.25) is 0 Å². The fourth-order valence-electron chi connectivity index (χ4n) is 0.697. The minimum absolute atomic E-state index is 0.751. The van der Waals surface area contributed by atoms with Gasteiger partial charge in [0.15, 0.2) is 0 Å². The predicted octanol–water partition coefficient (Wildman–Crippen LogP) is 3.07. The highest BCUT2D eigenvalue weighted by atomic mass is 79.9. The molecule has 0 bridgehead atoms. The Labute approximate surface area is 82.3 Å². The first-order valence-electron chi connectivity index (χ1n) is 4.00. The molecule has 12 heavy (non-hydrogen) atoms. The number of nitrogens with zero attached hydrogens (tertiary/aromatic N) is 1. The molecular formula is C9H15BrN2. The Hall–Kier alpha value is -0.570. The summed E-state index contributed by atoms with van der Waals surface area (Å²) >= 11 is 3.31. The Morgan fingerprint density at radius 3 is 2.25 bits per heavy atom. The van der Waals surface area contributed by atoms with Gasteiger partial charge in [0.2, 0.25) is 0 Å². The van der Waals surface area contributed by atoms with Gasteiger partial charge in [0.25, 0.3) is 0 Å². The van der Waals surface area contributed by atoms with Crippen molar-refractivity contribution in [2.24, 2.45) is 0 Å². The summed E-state index contributed by atoms with van der Waals surface area (Å²) in [6, 6.07) is 1.91. The fraction of sp³-hybridized carbons (Fsp3) is 0.444. The van der Waals surface area contributed by atoms with Crippen molar-refractivity contribution >= 4 is 21.6 Å². The third-order valence-corrected chi connectivity index (χ3v) is 2.18. The van der Waals surface area contributed by atoms with Gasteiger partial charge in [-0.1, -0.05) is 13.8 Å². The quantitative estimate of drug-likeness (QED) is 0.697. The van der Waals surface area contributed by atoms with Crippen LogP contribution in [-0.4, -0.2) is 4.98 Å². The average Bonchev–Trinajstić information content (AvgIpc) is 2.05. The van der Waals surface area contributed by atoms with Crippen LogP contribution in [0.3, 0.4) is 0 Å². The van der Waals surface area contributed by atoms with Crippen molar-refractivity contribution in [1.29, 1.82) is 0 Å². The zero-order valence-corrected chi connectivity index (χ0v) is 9.57. The molecule has 0 aliphatic rings. The van der Waals surface area contributed by atoms with Crippen LogP contribution in [0.5, 0.6) is 0 Å². The second-order valence-electron chi connectivity index (χ2n) is 2.27. The summed E-state index contributed by atoms with van der Waals surface area (Å²) in [7, 11) is 0. The Morgan fingerprint density at radius 2 is 1.83 bits per heavy atom. The SMILES string of the molecule is CC.Cc1cc(N)c(C)nc1Br. The number of anilines is 1. The Kier molecular flexibility index (Phi) is 4.90. The lowest BCUT2D eigenvalue weighted by molar-refractivity contribution is 1.14. The molecule has 0 aromatic carbocycles. The zero-order chi connectivity index (χ0) is 9.72. The molecule has 68 valence electrons. The van der Waals surface area contributed by atoms with Crippen LogP contribution in [0.4, 0.5) is 5.69 Å². The Balaban J connectivity index is 0.000000561. The molecule has 2 nitrogen and oxygen atoms in total. The van der Waals surface area contributed by atoms with E-state index in [1.807, 2.05) is 33.8 Å². The lowest BCUT2D eigenvalue weighted by Gasteiger charge is -2.01. The summed E-state index contributed by atoms with van der Waals surface area (Å²) in [5.74, 6) is 0. The average molecular weight is 231 g/mol. The molecule has 0 radical (unpaired) electrons. The maximum absolute atomic E-state index is 5.61. The van der Waals surface area contributed by atoms with Crippen molar-refractivity contribution in [3.63, 3.8) is 0 Å². The van der Waals surface area contributed by atoms with Gasteiger partial charge >= 0.3 is 0 Å². The molecule has 0 spiro atoms. The van der Waals surface area contributed by atoms with Crippen molar-refractivity contribution in [3.8, 4) is 0 Å². The Bertz CT molecular complexity index is 209. The third-order valence-electron chi connectivity index (χ3n) is 1.38. The second-order valence-corrected chi connectivity index (χ2v) is 3.02. The van der Waals surface area contributed by atoms with Crippen LogP contribution in [0, 0.1) is 13.8 Å². The summed E-state index contributed by atoms with van der Waals surface area (Å²) < 4.78 is 0.874. The topological polar surface area (TPSA) is 38.9 Å². The second kappa shape index (κ2) is 5.14. The summed E-state index contributed by atoms with van der Waals surface area (Å²) in [6.07, 6.45) is 0. The van der Waals surface area contributed by atoms with Gasteiger partial charge < -0.3 is 5.73 Å².